The number of nitro benzene ring substituents is 1. The molecule has 35 heavy (non-hydrogen) atoms. The smallest absolute Gasteiger partial charge is 0.322 e. The highest BCUT2D eigenvalue weighted by Gasteiger charge is 2.50. The molecule has 4 amide bonds. The van der Waals surface area contributed by atoms with E-state index in [0.29, 0.717) is 5.56 Å². The van der Waals surface area contributed by atoms with Crippen LogP contribution in [0.15, 0.2) is 24.3 Å². The zero-order chi connectivity index (χ0) is 25.8. The van der Waals surface area contributed by atoms with Gasteiger partial charge in [0.25, 0.3) is 5.69 Å². The van der Waals surface area contributed by atoms with Crippen LogP contribution in [0, 0.1) is 16.0 Å². The third kappa shape index (κ3) is 5.68. The molecular weight excluding hydrogens is 475 g/mol. The number of nitro groups is 1. The first kappa shape index (κ1) is 27.1. The quantitative estimate of drug-likeness (QED) is 0.272. The number of carbonyl (C=O) groups is 2. The van der Waals surface area contributed by atoms with Crippen LogP contribution in [-0.2, 0) is 13.6 Å². The Morgan fingerprint density at radius 1 is 1.17 bits per heavy atom. The number of carbonyl (C=O) groups excluding carboxylic acids is 2. The fraction of sp³-hybridized carbons (Fsp3) is 0.652. The van der Waals surface area contributed by atoms with Crippen molar-refractivity contribution < 1.29 is 28.1 Å². The summed E-state index contributed by atoms with van der Waals surface area (Å²) in [5.41, 5.74) is 0.167. The summed E-state index contributed by atoms with van der Waals surface area (Å²) in [6.45, 7) is 5.36. The van der Waals surface area contributed by atoms with Crippen LogP contribution in [-0.4, -0.2) is 59.1 Å². The summed E-state index contributed by atoms with van der Waals surface area (Å²) in [6.07, 6.45) is 5.11. The number of hydrogen-bond acceptors (Lipinski definition) is 7. The summed E-state index contributed by atoms with van der Waals surface area (Å²) < 4.78 is 24.8. The highest BCUT2D eigenvalue weighted by molar-refractivity contribution is 7.54. The lowest BCUT2D eigenvalue weighted by Crippen LogP contribution is -2.50. The number of imide groups is 1. The van der Waals surface area contributed by atoms with Crippen molar-refractivity contribution >= 4 is 25.3 Å². The van der Waals surface area contributed by atoms with Gasteiger partial charge in [0, 0.05) is 19.2 Å². The Balaban J connectivity index is 1.97. The molecule has 12 heteroatoms. The summed E-state index contributed by atoms with van der Waals surface area (Å²) in [7, 11) is -2.26. The van der Waals surface area contributed by atoms with Gasteiger partial charge in [0.05, 0.1) is 30.2 Å². The number of amides is 4. The molecule has 2 fully saturated rings. The first-order valence-corrected chi connectivity index (χ1v) is 13.7. The maximum atomic E-state index is 13.8. The topological polar surface area (TPSA) is 131 Å². The third-order valence-electron chi connectivity index (χ3n) is 6.88. The fourth-order valence-electron chi connectivity index (χ4n) is 5.08. The van der Waals surface area contributed by atoms with E-state index in [2.05, 4.69) is 5.32 Å². The second-order valence-corrected chi connectivity index (χ2v) is 11.1. The molecule has 1 aromatic carbocycles. The molecule has 0 radical (unpaired) electrons. The second kappa shape index (κ2) is 11.5. The number of non-ortho nitro benzene ring substituents is 1. The zero-order valence-electron chi connectivity index (χ0n) is 20.7. The standard InChI is InChI=1S/C23H35N4O7P/c1-5-33-35(32,34-6-2)21(18-12-14-19(15-13-18)27(30)31)24-22(28)26-20(16(3)25(4)23(26)29)17-10-8-7-9-11-17/h12-17,20-21H,5-11H2,1-4H3,(H,24,28)/t16-,20-,21-/m0/s1. The number of nitrogens with one attached hydrogen (secondary N) is 1. The number of benzene rings is 1. The van der Waals surface area contributed by atoms with E-state index >= 15 is 0 Å². The van der Waals surface area contributed by atoms with Crippen LogP contribution in [0.1, 0.15) is 64.2 Å². The molecule has 2 aliphatic rings. The molecule has 11 nitrogen and oxygen atoms in total. The van der Waals surface area contributed by atoms with Crippen molar-refractivity contribution in [3.05, 3.63) is 39.9 Å². The largest absolute Gasteiger partial charge is 0.357 e. The van der Waals surface area contributed by atoms with Crippen molar-refractivity contribution in [2.75, 3.05) is 20.3 Å². The minimum absolute atomic E-state index is 0.0593. The lowest BCUT2D eigenvalue weighted by atomic mass is 9.81. The van der Waals surface area contributed by atoms with E-state index in [1.165, 1.54) is 29.2 Å². The highest BCUT2D eigenvalue weighted by atomic mass is 31.2. The van der Waals surface area contributed by atoms with Crippen LogP contribution >= 0.6 is 7.60 Å². The lowest BCUT2D eigenvalue weighted by molar-refractivity contribution is -0.384. The molecule has 0 aromatic heterocycles. The van der Waals surface area contributed by atoms with E-state index in [1.807, 2.05) is 6.92 Å². The summed E-state index contributed by atoms with van der Waals surface area (Å²) in [6, 6.07) is 3.75. The van der Waals surface area contributed by atoms with Crippen molar-refractivity contribution in [1.82, 2.24) is 15.1 Å². The van der Waals surface area contributed by atoms with E-state index in [4.69, 9.17) is 9.05 Å². The van der Waals surface area contributed by atoms with Crippen LogP contribution in [0.4, 0.5) is 15.3 Å². The normalized spacial score (nSPS) is 22.3. The van der Waals surface area contributed by atoms with Crippen LogP contribution in [0.5, 0.6) is 0 Å². The molecular formula is C23H35N4O7P. The summed E-state index contributed by atoms with van der Waals surface area (Å²) in [5.74, 6) is -1.07. The Labute approximate surface area is 205 Å². The molecule has 194 valence electrons. The molecule has 3 rings (SSSR count). The van der Waals surface area contributed by atoms with Crippen LogP contribution in [0.3, 0.4) is 0 Å². The Morgan fingerprint density at radius 3 is 2.26 bits per heavy atom. The third-order valence-corrected chi connectivity index (χ3v) is 9.17. The van der Waals surface area contributed by atoms with Gasteiger partial charge in [-0.05, 0) is 57.2 Å². The summed E-state index contributed by atoms with van der Waals surface area (Å²) in [5, 5.41) is 13.8. The van der Waals surface area contributed by atoms with Crippen LogP contribution < -0.4 is 5.32 Å². The highest BCUT2D eigenvalue weighted by Crippen LogP contribution is 2.59. The Kier molecular flexibility index (Phi) is 8.90. The van der Waals surface area contributed by atoms with E-state index in [-0.39, 0.29) is 36.9 Å². The molecule has 1 aromatic rings. The molecule has 0 spiro atoms. The molecule has 0 unspecified atom stereocenters. The molecule has 1 aliphatic heterocycles. The van der Waals surface area contributed by atoms with Crippen molar-refractivity contribution in [3.63, 3.8) is 0 Å². The van der Waals surface area contributed by atoms with Gasteiger partial charge in [0.2, 0.25) is 0 Å². The number of nitrogens with zero attached hydrogens (tertiary/aromatic N) is 3. The van der Waals surface area contributed by atoms with Gasteiger partial charge in [-0.1, -0.05) is 19.3 Å². The molecule has 0 bridgehead atoms. The number of urea groups is 2. The van der Waals surface area contributed by atoms with Gasteiger partial charge in [-0.2, -0.15) is 0 Å². The lowest BCUT2D eigenvalue weighted by Gasteiger charge is -2.35. The van der Waals surface area contributed by atoms with E-state index < -0.39 is 30.4 Å². The summed E-state index contributed by atoms with van der Waals surface area (Å²) >= 11 is 0. The Hall–Kier alpha value is -2.49. The average Bonchev–Trinajstić information content (AvgIpc) is 3.07. The molecule has 1 aliphatic carbocycles. The predicted molar refractivity (Wildman–Crippen MR) is 130 cm³/mol. The number of rotatable bonds is 9. The van der Waals surface area contributed by atoms with E-state index in [9.17, 15) is 24.3 Å². The Morgan fingerprint density at radius 2 is 1.74 bits per heavy atom. The van der Waals surface area contributed by atoms with Gasteiger partial charge in [-0.25, -0.2) is 14.5 Å². The molecule has 1 N–H and O–H groups in total. The average molecular weight is 511 g/mol. The minimum Gasteiger partial charge on any atom is -0.322 e. The first-order chi connectivity index (χ1) is 16.6. The van der Waals surface area contributed by atoms with Gasteiger partial charge < -0.3 is 19.3 Å². The predicted octanol–water partition coefficient (Wildman–Crippen LogP) is 5.27. The zero-order valence-corrected chi connectivity index (χ0v) is 21.6. The van der Waals surface area contributed by atoms with Gasteiger partial charge in [-0.15, -0.1) is 0 Å². The second-order valence-electron chi connectivity index (χ2n) is 8.97. The molecule has 3 atom stereocenters. The maximum absolute atomic E-state index is 13.8. The van der Waals surface area contributed by atoms with Gasteiger partial charge >= 0.3 is 19.7 Å². The Bertz CT molecular complexity index is 957. The van der Waals surface area contributed by atoms with Crippen LogP contribution in [0.25, 0.3) is 0 Å². The van der Waals surface area contributed by atoms with Crippen molar-refractivity contribution in [2.45, 2.75) is 70.7 Å². The van der Waals surface area contributed by atoms with Gasteiger partial charge in [-0.3, -0.25) is 14.7 Å². The minimum atomic E-state index is -3.94. The molecule has 1 saturated carbocycles. The van der Waals surface area contributed by atoms with E-state index in [0.717, 1.165) is 32.1 Å². The van der Waals surface area contributed by atoms with Gasteiger partial charge in [0.1, 0.15) is 0 Å². The van der Waals surface area contributed by atoms with Gasteiger partial charge in [0.15, 0.2) is 5.78 Å². The van der Waals surface area contributed by atoms with Crippen molar-refractivity contribution in [2.24, 2.45) is 5.92 Å². The van der Waals surface area contributed by atoms with Crippen LogP contribution in [0.2, 0.25) is 0 Å². The molecule has 1 saturated heterocycles. The first-order valence-electron chi connectivity index (χ1n) is 12.1. The number of likely N-dealkylation sites (N-methyl/N-ethyl adjacent to an activating group) is 1. The maximum Gasteiger partial charge on any atom is 0.357 e. The monoisotopic (exact) mass is 510 g/mol. The SMILES string of the molecule is CCOP(=O)(OCC)[C@H](NC(=O)N1C(=O)N(C)[C@@H](C)[C@H]1C1CCCCC1)c1ccc([N+](=O)[O-])cc1. The van der Waals surface area contributed by atoms with Crippen molar-refractivity contribution in [3.8, 4) is 0 Å². The van der Waals surface area contributed by atoms with E-state index in [1.54, 1.807) is 25.8 Å². The summed E-state index contributed by atoms with van der Waals surface area (Å²) in [4.78, 5) is 40.1. The molecule has 1 heterocycles. The fourth-order valence-corrected chi connectivity index (χ4v) is 6.97. The number of hydrogen-bond donors (Lipinski definition) is 1. The van der Waals surface area contributed by atoms with Crippen molar-refractivity contribution in [1.29, 1.82) is 0 Å².